The first-order chi connectivity index (χ1) is 11.0. The Kier molecular flexibility index (Phi) is 5.00. The second-order valence-corrected chi connectivity index (χ2v) is 6.96. The number of halogens is 1. The topological polar surface area (TPSA) is 42.1 Å². The Morgan fingerprint density at radius 2 is 1.83 bits per heavy atom. The molecule has 4 heteroatoms. The van der Waals surface area contributed by atoms with Gasteiger partial charge in [-0.15, -0.1) is 0 Å². The second-order valence-electron chi connectivity index (χ2n) is 6.59. The van der Waals surface area contributed by atoms with Gasteiger partial charge in [-0.2, -0.15) is 0 Å². The Morgan fingerprint density at radius 3 is 2.48 bits per heavy atom. The average molecular weight is 330 g/mol. The first-order valence-electron chi connectivity index (χ1n) is 8.23. The maximum Gasteiger partial charge on any atom is 0.0705 e. The number of hydrogen-bond acceptors (Lipinski definition) is 3. The number of piperidine rings is 1. The van der Waals surface area contributed by atoms with E-state index < -0.39 is 0 Å². The van der Waals surface area contributed by atoms with Gasteiger partial charge in [0.25, 0.3) is 0 Å². The maximum absolute atomic E-state index is 6.27. The van der Waals surface area contributed by atoms with E-state index in [0.717, 1.165) is 59.9 Å². The van der Waals surface area contributed by atoms with Crippen molar-refractivity contribution in [2.45, 2.75) is 39.3 Å². The van der Waals surface area contributed by atoms with Crippen LogP contribution in [-0.4, -0.2) is 29.0 Å². The number of nitrogens with zero attached hydrogens (tertiary/aromatic N) is 2. The van der Waals surface area contributed by atoms with Gasteiger partial charge in [0.1, 0.15) is 0 Å². The van der Waals surface area contributed by atoms with Crippen molar-refractivity contribution in [2.24, 2.45) is 5.73 Å². The van der Waals surface area contributed by atoms with Crippen LogP contribution in [0.15, 0.2) is 30.5 Å². The Labute approximate surface area is 143 Å². The molecule has 0 atom stereocenters. The van der Waals surface area contributed by atoms with Crippen LogP contribution in [0.3, 0.4) is 0 Å². The molecule has 0 radical (unpaired) electrons. The van der Waals surface area contributed by atoms with Gasteiger partial charge in [-0.05, 0) is 80.7 Å². The molecule has 1 fully saturated rings. The van der Waals surface area contributed by atoms with Gasteiger partial charge in [0.2, 0.25) is 0 Å². The van der Waals surface area contributed by atoms with Gasteiger partial charge < -0.3 is 5.73 Å². The summed E-state index contributed by atoms with van der Waals surface area (Å²) in [6, 6.07) is 8.90. The molecule has 0 bridgehead atoms. The fraction of sp³-hybridized carbons (Fsp3) is 0.421. The van der Waals surface area contributed by atoms with Gasteiger partial charge in [-0.3, -0.25) is 9.88 Å². The highest BCUT2D eigenvalue weighted by atomic mass is 35.5. The maximum atomic E-state index is 6.27. The van der Waals surface area contributed by atoms with Crippen LogP contribution in [0.1, 0.15) is 29.5 Å². The van der Waals surface area contributed by atoms with Gasteiger partial charge in [0.15, 0.2) is 0 Å². The summed E-state index contributed by atoms with van der Waals surface area (Å²) in [6.45, 7) is 7.21. The number of nitrogens with two attached hydrogens (primary N) is 1. The molecule has 1 aliphatic rings. The predicted octanol–water partition coefficient (Wildman–Crippen LogP) is 3.94. The van der Waals surface area contributed by atoms with Crippen molar-refractivity contribution in [1.82, 2.24) is 9.88 Å². The molecule has 0 amide bonds. The third-order valence-corrected chi connectivity index (χ3v) is 5.19. The van der Waals surface area contributed by atoms with Crippen LogP contribution in [-0.2, 0) is 6.54 Å². The molecule has 1 aliphatic heterocycles. The highest BCUT2D eigenvalue weighted by Gasteiger charge is 2.16. The van der Waals surface area contributed by atoms with Gasteiger partial charge in [0.05, 0.1) is 5.69 Å². The van der Waals surface area contributed by atoms with E-state index in [-0.39, 0.29) is 0 Å². The standard InChI is InChI=1S/C19H24ClN3/c1-13-9-16(10-14(2)19(13)20)18-11-15(3-6-22-18)12-23-7-4-17(21)5-8-23/h3,6,9-11,17H,4-5,7-8,12,21H2,1-2H3. The largest absolute Gasteiger partial charge is 0.328 e. The fourth-order valence-electron chi connectivity index (χ4n) is 3.19. The summed E-state index contributed by atoms with van der Waals surface area (Å²) in [4.78, 5) is 7.02. The molecule has 1 saturated heterocycles. The third kappa shape index (κ3) is 3.92. The minimum Gasteiger partial charge on any atom is -0.328 e. The summed E-state index contributed by atoms with van der Waals surface area (Å²) < 4.78 is 0. The first-order valence-corrected chi connectivity index (χ1v) is 8.60. The van der Waals surface area contributed by atoms with E-state index in [1.54, 1.807) is 0 Å². The molecule has 0 saturated carbocycles. The van der Waals surface area contributed by atoms with Gasteiger partial charge in [-0.1, -0.05) is 11.6 Å². The van der Waals surface area contributed by atoms with E-state index >= 15 is 0 Å². The van der Waals surface area contributed by atoms with E-state index in [2.05, 4.69) is 34.1 Å². The van der Waals surface area contributed by atoms with Crippen molar-refractivity contribution in [1.29, 1.82) is 0 Å². The minimum atomic E-state index is 0.374. The molecule has 3 nitrogen and oxygen atoms in total. The number of likely N-dealkylation sites (tertiary alicyclic amines) is 1. The predicted molar refractivity (Wildman–Crippen MR) is 96.6 cm³/mol. The molecular weight excluding hydrogens is 306 g/mol. The van der Waals surface area contributed by atoms with Crippen LogP contribution < -0.4 is 5.73 Å². The number of hydrogen-bond donors (Lipinski definition) is 1. The van der Waals surface area contributed by atoms with Crippen LogP contribution in [0.5, 0.6) is 0 Å². The van der Waals surface area contributed by atoms with Crippen LogP contribution in [0.4, 0.5) is 0 Å². The zero-order valence-electron chi connectivity index (χ0n) is 13.8. The smallest absolute Gasteiger partial charge is 0.0705 e. The molecule has 1 aromatic carbocycles. The lowest BCUT2D eigenvalue weighted by Gasteiger charge is -2.30. The molecular formula is C19H24ClN3. The van der Waals surface area contributed by atoms with Crippen molar-refractivity contribution < 1.29 is 0 Å². The molecule has 23 heavy (non-hydrogen) atoms. The number of rotatable bonds is 3. The van der Waals surface area contributed by atoms with Crippen molar-refractivity contribution in [3.63, 3.8) is 0 Å². The van der Waals surface area contributed by atoms with Gasteiger partial charge in [0, 0.05) is 29.4 Å². The summed E-state index contributed by atoms with van der Waals surface area (Å²) in [7, 11) is 0. The molecule has 122 valence electrons. The quantitative estimate of drug-likeness (QED) is 0.927. The molecule has 2 aromatic rings. The van der Waals surface area contributed by atoms with Crippen LogP contribution in [0, 0.1) is 13.8 Å². The van der Waals surface area contributed by atoms with Crippen molar-refractivity contribution in [3.05, 3.63) is 52.2 Å². The molecule has 2 heterocycles. The fourth-order valence-corrected chi connectivity index (χ4v) is 3.30. The zero-order valence-corrected chi connectivity index (χ0v) is 14.6. The monoisotopic (exact) mass is 329 g/mol. The zero-order chi connectivity index (χ0) is 16.4. The third-order valence-electron chi connectivity index (χ3n) is 4.59. The second kappa shape index (κ2) is 7.00. The highest BCUT2D eigenvalue weighted by Crippen LogP contribution is 2.27. The summed E-state index contributed by atoms with van der Waals surface area (Å²) in [5, 5.41) is 0.842. The lowest BCUT2D eigenvalue weighted by molar-refractivity contribution is 0.205. The van der Waals surface area contributed by atoms with Gasteiger partial charge >= 0.3 is 0 Å². The molecule has 0 unspecified atom stereocenters. The Morgan fingerprint density at radius 1 is 1.17 bits per heavy atom. The first kappa shape index (κ1) is 16.4. The summed E-state index contributed by atoms with van der Waals surface area (Å²) in [5.74, 6) is 0. The lowest BCUT2D eigenvalue weighted by atomic mass is 10.0. The minimum absolute atomic E-state index is 0.374. The van der Waals surface area contributed by atoms with E-state index in [1.165, 1.54) is 5.56 Å². The Hall–Kier alpha value is -1.42. The Bertz CT molecular complexity index is 668. The van der Waals surface area contributed by atoms with Crippen LogP contribution in [0.25, 0.3) is 11.3 Å². The summed E-state index contributed by atoms with van der Waals surface area (Å²) in [5.41, 5.74) is 11.6. The van der Waals surface area contributed by atoms with E-state index in [1.807, 2.05) is 20.0 Å². The summed E-state index contributed by atoms with van der Waals surface area (Å²) in [6.07, 6.45) is 4.08. The van der Waals surface area contributed by atoms with E-state index in [9.17, 15) is 0 Å². The molecule has 0 aliphatic carbocycles. The van der Waals surface area contributed by atoms with E-state index in [4.69, 9.17) is 17.3 Å². The van der Waals surface area contributed by atoms with Gasteiger partial charge in [-0.25, -0.2) is 0 Å². The average Bonchev–Trinajstić information content (AvgIpc) is 2.54. The SMILES string of the molecule is Cc1cc(-c2cc(CN3CCC(N)CC3)ccn2)cc(C)c1Cl. The lowest BCUT2D eigenvalue weighted by Crippen LogP contribution is -2.39. The van der Waals surface area contributed by atoms with Crippen LogP contribution >= 0.6 is 11.6 Å². The molecule has 3 rings (SSSR count). The summed E-state index contributed by atoms with van der Waals surface area (Å²) >= 11 is 6.27. The Balaban J connectivity index is 1.80. The van der Waals surface area contributed by atoms with Crippen molar-refractivity contribution >= 4 is 11.6 Å². The molecule has 2 N–H and O–H groups in total. The van der Waals surface area contributed by atoms with Crippen LogP contribution in [0.2, 0.25) is 5.02 Å². The number of pyridine rings is 1. The van der Waals surface area contributed by atoms with E-state index in [0.29, 0.717) is 6.04 Å². The number of aromatic nitrogens is 1. The van der Waals surface area contributed by atoms with Crippen molar-refractivity contribution in [3.8, 4) is 11.3 Å². The molecule has 1 aromatic heterocycles. The number of aryl methyl sites for hydroxylation is 2. The highest BCUT2D eigenvalue weighted by molar-refractivity contribution is 6.32. The number of benzene rings is 1. The van der Waals surface area contributed by atoms with Crippen molar-refractivity contribution in [2.75, 3.05) is 13.1 Å². The molecule has 0 spiro atoms. The normalized spacial score (nSPS) is 16.7.